The lowest BCUT2D eigenvalue weighted by atomic mass is 10.1. The molecule has 7 heteroatoms. The predicted octanol–water partition coefficient (Wildman–Crippen LogP) is 1.75. The molecule has 7 nitrogen and oxygen atoms in total. The fourth-order valence-corrected chi connectivity index (χ4v) is 2.64. The zero-order chi connectivity index (χ0) is 18.1. The van der Waals surface area contributed by atoms with Crippen LogP contribution < -0.4 is 10.6 Å². The first-order chi connectivity index (χ1) is 11.9. The predicted molar refractivity (Wildman–Crippen MR) is 92.6 cm³/mol. The van der Waals surface area contributed by atoms with E-state index in [1.807, 2.05) is 0 Å². The molecule has 0 unspecified atom stereocenters. The topological polar surface area (TPSA) is 93.1 Å². The Labute approximate surface area is 145 Å². The molecule has 25 heavy (non-hydrogen) atoms. The second-order valence-electron chi connectivity index (χ2n) is 6.28. The first-order valence-corrected chi connectivity index (χ1v) is 8.13. The first-order valence-electron chi connectivity index (χ1n) is 8.13. The van der Waals surface area contributed by atoms with Crippen molar-refractivity contribution in [3.05, 3.63) is 46.8 Å². The molecule has 0 radical (unpaired) electrons. The van der Waals surface area contributed by atoms with Crippen LogP contribution in [-0.2, 0) is 11.8 Å². The number of aryl methyl sites for hydroxylation is 2. The highest BCUT2D eigenvalue weighted by Gasteiger charge is 2.25. The van der Waals surface area contributed by atoms with E-state index in [9.17, 15) is 14.4 Å². The van der Waals surface area contributed by atoms with Gasteiger partial charge in [-0.1, -0.05) is 6.07 Å². The zero-order valence-electron chi connectivity index (χ0n) is 14.4. The maximum atomic E-state index is 12.4. The summed E-state index contributed by atoms with van der Waals surface area (Å²) in [4.78, 5) is 36.8. The van der Waals surface area contributed by atoms with Crippen LogP contribution in [0.5, 0.6) is 0 Å². The van der Waals surface area contributed by atoms with E-state index in [1.54, 1.807) is 49.8 Å². The molecular formula is C18H20N4O3. The minimum Gasteiger partial charge on any atom is -0.349 e. The summed E-state index contributed by atoms with van der Waals surface area (Å²) in [5.41, 5.74) is 2.31. The Hall–Kier alpha value is -2.96. The molecule has 1 heterocycles. The molecule has 1 saturated carbocycles. The van der Waals surface area contributed by atoms with Crippen molar-refractivity contribution in [2.75, 3.05) is 5.32 Å². The van der Waals surface area contributed by atoms with Gasteiger partial charge in [-0.05, 0) is 44.9 Å². The third-order valence-corrected chi connectivity index (χ3v) is 4.24. The van der Waals surface area contributed by atoms with Gasteiger partial charge in [0.2, 0.25) is 0 Å². The second-order valence-corrected chi connectivity index (χ2v) is 6.28. The summed E-state index contributed by atoms with van der Waals surface area (Å²) in [5.74, 6) is -1.57. The standard InChI is InChI=1S/C18H20N4O3/c1-10-15(11(2)22(3)21-10)16(23)18(25)20-14-6-4-5-12(9-14)17(24)19-13-7-8-13/h4-6,9,13H,7-8H2,1-3H3,(H,19,24)(H,20,25). The van der Waals surface area contributed by atoms with Crippen LogP contribution in [0.4, 0.5) is 5.69 Å². The van der Waals surface area contributed by atoms with Gasteiger partial charge in [0.1, 0.15) is 0 Å². The Morgan fingerprint density at radius 1 is 1.20 bits per heavy atom. The Morgan fingerprint density at radius 2 is 1.92 bits per heavy atom. The van der Waals surface area contributed by atoms with Crippen molar-refractivity contribution in [2.24, 2.45) is 7.05 Å². The molecule has 0 aliphatic heterocycles. The minimum absolute atomic E-state index is 0.177. The van der Waals surface area contributed by atoms with Crippen LogP contribution in [0, 0.1) is 13.8 Å². The molecule has 1 aliphatic carbocycles. The number of nitrogens with one attached hydrogen (secondary N) is 2. The van der Waals surface area contributed by atoms with E-state index in [0.29, 0.717) is 28.2 Å². The zero-order valence-corrected chi connectivity index (χ0v) is 14.4. The van der Waals surface area contributed by atoms with Gasteiger partial charge in [-0.15, -0.1) is 0 Å². The molecule has 1 aromatic carbocycles. The van der Waals surface area contributed by atoms with Crippen LogP contribution in [0.2, 0.25) is 0 Å². The third kappa shape index (κ3) is 3.60. The van der Waals surface area contributed by atoms with Gasteiger partial charge in [-0.3, -0.25) is 19.1 Å². The van der Waals surface area contributed by atoms with Crippen molar-refractivity contribution in [3.63, 3.8) is 0 Å². The van der Waals surface area contributed by atoms with E-state index in [1.165, 1.54) is 0 Å². The van der Waals surface area contributed by atoms with E-state index in [0.717, 1.165) is 12.8 Å². The van der Waals surface area contributed by atoms with Gasteiger partial charge in [-0.25, -0.2) is 0 Å². The number of carbonyl (C=O) groups excluding carboxylic acids is 3. The highest BCUT2D eigenvalue weighted by atomic mass is 16.2. The molecule has 3 rings (SSSR count). The normalized spacial score (nSPS) is 13.4. The van der Waals surface area contributed by atoms with Crippen LogP contribution in [0.15, 0.2) is 24.3 Å². The molecule has 2 aromatic rings. The number of rotatable bonds is 5. The Balaban J connectivity index is 1.74. The number of nitrogens with zero attached hydrogens (tertiary/aromatic N) is 2. The third-order valence-electron chi connectivity index (χ3n) is 4.24. The van der Waals surface area contributed by atoms with E-state index < -0.39 is 11.7 Å². The van der Waals surface area contributed by atoms with Gasteiger partial charge >= 0.3 is 0 Å². The van der Waals surface area contributed by atoms with Crippen molar-refractivity contribution >= 4 is 23.3 Å². The lowest BCUT2D eigenvalue weighted by Gasteiger charge is -2.08. The lowest BCUT2D eigenvalue weighted by molar-refractivity contribution is -0.112. The average molecular weight is 340 g/mol. The first kappa shape index (κ1) is 16.9. The van der Waals surface area contributed by atoms with Crippen LogP contribution >= 0.6 is 0 Å². The highest BCUT2D eigenvalue weighted by molar-refractivity contribution is 6.47. The summed E-state index contributed by atoms with van der Waals surface area (Å²) in [5, 5.41) is 9.60. The molecule has 0 saturated heterocycles. The smallest absolute Gasteiger partial charge is 0.296 e. The van der Waals surface area contributed by atoms with Crippen LogP contribution in [0.1, 0.15) is 44.9 Å². The molecule has 2 N–H and O–H groups in total. The van der Waals surface area contributed by atoms with Gasteiger partial charge in [0.05, 0.1) is 11.3 Å². The number of Topliss-reactive ketones (excluding diaryl/α,β-unsaturated/α-hetero) is 1. The van der Waals surface area contributed by atoms with E-state index in [4.69, 9.17) is 0 Å². The minimum atomic E-state index is -0.751. The van der Waals surface area contributed by atoms with Crippen molar-refractivity contribution in [1.82, 2.24) is 15.1 Å². The van der Waals surface area contributed by atoms with Crippen molar-refractivity contribution in [3.8, 4) is 0 Å². The molecule has 2 amide bonds. The highest BCUT2D eigenvalue weighted by Crippen LogP contribution is 2.20. The van der Waals surface area contributed by atoms with Crippen molar-refractivity contribution in [2.45, 2.75) is 32.7 Å². The monoisotopic (exact) mass is 340 g/mol. The van der Waals surface area contributed by atoms with Crippen LogP contribution in [-0.4, -0.2) is 33.4 Å². The van der Waals surface area contributed by atoms with Crippen LogP contribution in [0.25, 0.3) is 0 Å². The summed E-state index contributed by atoms with van der Waals surface area (Å²) in [6.07, 6.45) is 2.00. The molecule has 0 spiro atoms. The average Bonchev–Trinajstić information content (AvgIpc) is 3.34. The Morgan fingerprint density at radius 3 is 2.52 bits per heavy atom. The van der Waals surface area contributed by atoms with E-state index >= 15 is 0 Å². The molecule has 1 aliphatic rings. The summed E-state index contributed by atoms with van der Waals surface area (Å²) in [6.45, 7) is 3.43. The molecule has 130 valence electrons. The Bertz CT molecular complexity index is 865. The number of anilines is 1. The number of carbonyl (C=O) groups is 3. The summed E-state index contributed by atoms with van der Waals surface area (Å²) < 4.78 is 1.57. The van der Waals surface area contributed by atoms with Gasteiger partial charge in [0.15, 0.2) is 0 Å². The number of benzene rings is 1. The maximum absolute atomic E-state index is 12.4. The summed E-state index contributed by atoms with van der Waals surface area (Å²) in [6, 6.07) is 6.80. The largest absolute Gasteiger partial charge is 0.349 e. The van der Waals surface area contributed by atoms with Crippen LogP contribution in [0.3, 0.4) is 0 Å². The Kier molecular flexibility index (Phi) is 4.39. The fourth-order valence-electron chi connectivity index (χ4n) is 2.64. The number of aromatic nitrogens is 2. The van der Waals surface area contributed by atoms with Gasteiger partial charge < -0.3 is 10.6 Å². The number of amides is 2. The van der Waals surface area contributed by atoms with Gasteiger partial charge in [0.25, 0.3) is 17.6 Å². The number of hydrogen-bond donors (Lipinski definition) is 2. The maximum Gasteiger partial charge on any atom is 0.296 e. The number of ketones is 1. The van der Waals surface area contributed by atoms with Gasteiger partial charge in [0, 0.05) is 30.0 Å². The van der Waals surface area contributed by atoms with E-state index in [-0.39, 0.29) is 11.9 Å². The molecular weight excluding hydrogens is 320 g/mol. The lowest BCUT2D eigenvalue weighted by Crippen LogP contribution is -2.26. The molecule has 0 bridgehead atoms. The van der Waals surface area contributed by atoms with Crippen molar-refractivity contribution in [1.29, 1.82) is 0 Å². The number of hydrogen-bond acceptors (Lipinski definition) is 4. The van der Waals surface area contributed by atoms with E-state index in [2.05, 4.69) is 15.7 Å². The summed E-state index contributed by atoms with van der Waals surface area (Å²) in [7, 11) is 1.72. The summed E-state index contributed by atoms with van der Waals surface area (Å²) >= 11 is 0. The molecule has 1 fully saturated rings. The second kappa shape index (κ2) is 6.51. The SMILES string of the molecule is Cc1nn(C)c(C)c1C(=O)C(=O)Nc1cccc(C(=O)NC2CC2)c1. The fraction of sp³-hybridized carbons (Fsp3) is 0.333. The molecule has 0 atom stereocenters. The van der Waals surface area contributed by atoms with Crippen molar-refractivity contribution < 1.29 is 14.4 Å². The van der Waals surface area contributed by atoms with Gasteiger partial charge in [-0.2, -0.15) is 5.10 Å². The molecule has 1 aromatic heterocycles. The quantitative estimate of drug-likeness (QED) is 0.640.